The van der Waals surface area contributed by atoms with E-state index in [-0.39, 0.29) is 5.60 Å². The minimum absolute atomic E-state index is 0.188. The van der Waals surface area contributed by atoms with E-state index >= 15 is 0 Å². The average molecular weight is 374 g/mol. The number of aromatic amines is 1. The number of nitrogens with zero attached hydrogens (tertiary/aromatic N) is 4. The first-order valence-electron chi connectivity index (χ1n) is 9.97. The Labute approximate surface area is 162 Å². The van der Waals surface area contributed by atoms with Gasteiger partial charge in [0.2, 0.25) is 5.95 Å². The molecule has 0 atom stereocenters. The van der Waals surface area contributed by atoms with Crippen LogP contribution in [0.2, 0.25) is 0 Å². The Balaban J connectivity index is 1.24. The summed E-state index contributed by atoms with van der Waals surface area (Å²) in [6.07, 6.45) is 13.4. The van der Waals surface area contributed by atoms with Crippen molar-refractivity contribution in [3.8, 4) is 11.1 Å². The maximum absolute atomic E-state index is 5.81. The Kier molecular flexibility index (Phi) is 3.46. The lowest BCUT2D eigenvalue weighted by Crippen LogP contribution is -2.48. The van der Waals surface area contributed by atoms with Gasteiger partial charge in [-0.15, -0.1) is 0 Å². The summed E-state index contributed by atoms with van der Waals surface area (Å²) >= 11 is 0. The summed E-state index contributed by atoms with van der Waals surface area (Å²) in [5, 5.41) is 8.80. The molecule has 5 heterocycles. The maximum atomic E-state index is 5.81. The second kappa shape index (κ2) is 6.04. The third-order valence-corrected chi connectivity index (χ3v) is 6.34. The van der Waals surface area contributed by atoms with Crippen LogP contribution >= 0.6 is 0 Å². The number of hydrogen-bond donors (Lipinski definition) is 2. The lowest BCUT2D eigenvalue weighted by molar-refractivity contribution is -0.165. The molecule has 1 saturated carbocycles. The fourth-order valence-corrected chi connectivity index (χ4v) is 4.56. The fourth-order valence-electron chi connectivity index (χ4n) is 4.56. The fraction of sp³-hybridized carbons (Fsp3) is 0.381. The van der Waals surface area contributed by atoms with E-state index in [1.54, 1.807) is 6.20 Å². The Morgan fingerprint density at radius 2 is 2.11 bits per heavy atom. The van der Waals surface area contributed by atoms with E-state index in [9.17, 15) is 0 Å². The smallest absolute Gasteiger partial charge is 0.224 e. The molecule has 0 amide bonds. The highest BCUT2D eigenvalue weighted by Crippen LogP contribution is 2.41. The van der Waals surface area contributed by atoms with Crippen molar-refractivity contribution in [2.24, 2.45) is 0 Å². The molecule has 28 heavy (non-hydrogen) atoms. The van der Waals surface area contributed by atoms with Crippen molar-refractivity contribution >= 4 is 22.5 Å². The quantitative estimate of drug-likeness (QED) is 0.570. The van der Waals surface area contributed by atoms with Crippen molar-refractivity contribution in [3.63, 3.8) is 0 Å². The minimum Gasteiger partial charge on any atom is -0.375 e. The van der Waals surface area contributed by atoms with Gasteiger partial charge in [-0.05, 0) is 55.9 Å². The molecular formula is C21H22N6O. The number of fused-ring (bicyclic) bond motifs is 2. The van der Waals surface area contributed by atoms with Crippen molar-refractivity contribution in [3.05, 3.63) is 43.0 Å². The molecule has 6 rings (SSSR count). The van der Waals surface area contributed by atoms with Gasteiger partial charge in [-0.1, -0.05) is 0 Å². The van der Waals surface area contributed by atoms with E-state index in [4.69, 9.17) is 9.72 Å². The monoisotopic (exact) mass is 374 g/mol. The van der Waals surface area contributed by atoms with Crippen LogP contribution in [0, 0.1) is 0 Å². The van der Waals surface area contributed by atoms with Crippen molar-refractivity contribution < 1.29 is 4.74 Å². The van der Waals surface area contributed by atoms with Crippen LogP contribution in [0.5, 0.6) is 0 Å². The molecule has 4 aromatic heterocycles. The van der Waals surface area contributed by atoms with Crippen LogP contribution in [-0.4, -0.2) is 42.8 Å². The summed E-state index contributed by atoms with van der Waals surface area (Å²) in [4.78, 5) is 12.6. The first kappa shape index (κ1) is 16.1. The molecule has 1 aliphatic heterocycles. The molecule has 0 bridgehead atoms. The van der Waals surface area contributed by atoms with Crippen molar-refractivity contribution in [1.29, 1.82) is 0 Å². The summed E-state index contributed by atoms with van der Waals surface area (Å²) in [5.41, 5.74) is 4.34. The van der Waals surface area contributed by atoms with Gasteiger partial charge in [-0.3, -0.25) is 0 Å². The van der Waals surface area contributed by atoms with Gasteiger partial charge in [0.25, 0.3) is 0 Å². The predicted octanol–water partition coefficient (Wildman–Crippen LogP) is 3.79. The lowest BCUT2D eigenvalue weighted by Gasteiger charge is -2.46. The van der Waals surface area contributed by atoms with Gasteiger partial charge in [-0.2, -0.15) is 10.1 Å². The zero-order valence-electron chi connectivity index (χ0n) is 15.6. The molecule has 1 spiro atoms. The highest BCUT2D eigenvalue weighted by Gasteiger charge is 2.41. The van der Waals surface area contributed by atoms with Crippen LogP contribution in [0.1, 0.15) is 32.1 Å². The highest BCUT2D eigenvalue weighted by atomic mass is 16.5. The Bertz CT molecular complexity index is 1150. The zero-order chi connectivity index (χ0) is 18.6. The normalized spacial score (nSPS) is 24.6. The average Bonchev–Trinajstić information content (AvgIpc) is 3.33. The van der Waals surface area contributed by atoms with E-state index in [2.05, 4.69) is 32.5 Å². The molecule has 0 aromatic carbocycles. The number of hydrogen-bond acceptors (Lipinski definition) is 5. The van der Waals surface area contributed by atoms with E-state index in [0.717, 1.165) is 60.0 Å². The summed E-state index contributed by atoms with van der Waals surface area (Å²) < 4.78 is 7.67. The van der Waals surface area contributed by atoms with E-state index < -0.39 is 0 Å². The van der Waals surface area contributed by atoms with E-state index in [0.29, 0.717) is 12.0 Å². The molecule has 7 heteroatoms. The van der Waals surface area contributed by atoms with Crippen molar-refractivity contribution in [2.75, 3.05) is 11.9 Å². The van der Waals surface area contributed by atoms with Crippen molar-refractivity contribution in [2.45, 2.75) is 43.7 Å². The molecular weight excluding hydrogens is 352 g/mol. The number of pyridine rings is 1. The van der Waals surface area contributed by atoms with Crippen LogP contribution in [0.4, 0.5) is 5.95 Å². The number of aromatic nitrogens is 5. The SMILES string of the molecule is c1cc2cc(-c3c[nH]c4nc(N[C@H]5CC[C@]6(CCO6)CC5)ncc34)ccn2n1. The van der Waals surface area contributed by atoms with Crippen LogP contribution in [-0.2, 0) is 4.74 Å². The predicted molar refractivity (Wildman–Crippen MR) is 107 cm³/mol. The van der Waals surface area contributed by atoms with Gasteiger partial charge in [0.15, 0.2) is 0 Å². The lowest BCUT2D eigenvalue weighted by atomic mass is 9.77. The standard InChI is InChI=1S/C21H22N6O/c1-5-21(7-10-28-21)6-2-15(1)25-20-23-13-18-17(12-22-19(18)26-20)14-4-9-27-16(11-14)3-8-24-27/h3-4,8-9,11-13,15H,1-2,5-7,10H2,(H2,22,23,25,26)/t15-,21+. The molecule has 2 aliphatic rings. The zero-order valence-corrected chi connectivity index (χ0v) is 15.6. The van der Waals surface area contributed by atoms with Crippen molar-refractivity contribution in [1.82, 2.24) is 24.6 Å². The summed E-state index contributed by atoms with van der Waals surface area (Å²) in [5.74, 6) is 0.697. The van der Waals surface area contributed by atoms with Gasteiger partial charge < -0.3 is 15.0 Å². The third-order valence-electron chi connectivity index (χ3n) is 6.34. The molecule has 4 aromatic rings. The highest BCUT2D eigenvalue weighted by molar-refractivity contribution is 5.94. The number of ether oxygens (including phenoxy) is 1. The molecule has 142 valence electrons. The second-order valence-electron chi connectivity index (χ2n) is 7.97. The Morgan fingerprint density at radius 1 is 1.21 bits per heavy atom. The molecule has 0 radical (unpaired) electrons. The number of anilines is 1. The topological polar surface area (TPSA) is 80.1 Å². The molecule has 1 aliphatic carbocycles. The first-order chi connectivity index (χ1) is 13.8. The van der Waals surface area contributed by atoms with Gasteiger partial charge >= 0.3 is 0 Å². The van der Waals surface area contributed by atoms with E-state index in [1.807, 2.05) is 29.2 Å². The molecule has 7 nitrogen and oxygen atoms in total. The first-order valence-corrected chi connectivity index (χ1v) is 9.97. The van der Waals surface area contributed by atoms with Crippen LogP contribution in [0.25, 0.3) is 27.7 Å². The van der Waals surface area contributed by atoms with Gasteiger partial charge in [0, 0.05) is 41.8 Å². The van der Waals surface area contributed by atoms with Gasteiger partial charge in [-0.25, -0.2) is 9.50 Å². The molecule has 1 saturated heterocycles. The summed E-state index contributed by atoms with van der Waals surface area (Å²) in [6.45, 7) is 0.932. The molecule has 2 fully saturated rings. The molecule has 2 N–H and O–H groups in total. The maximum Gasteiger partial charge on any atom is 0.224 e. The number of nitrogens with one attached hydrogen (secondary N) is 2. The van der Waals surface area contributed by atoms with E-state index in [1.165, 1.54) is 6.42 Å². The Morgan fingerprint density at radius 3 is 2.93 bits per heavy atom. The largest absolute Gasteiger partial charge is 0.375 e. The molecule has 0 unspecified atom stereocenters. The van der Waals surface area contributed by atoms with Crippen LogP contribution in [0.15, 0.2) is 43.0 Å². The third kappa shape index (κ3) is 2.57. The Hall–Kier alpha value is -2.93. The van der Waals surface area contributed by atoms with Gasteiger partial charge in [0.1, 0.15) is 5.65 Å². The summed E-state index contributed by atoms with van der Waals surface area (Å²) in [6, 6.07) is 6.61. The van der Waals surface area contributed by atoms with Gasteiger partial charge in [0.05, 0.1) is 17.7 Å². The minimum atomic E-state index is 0.188. The second-order valence-corrected chi connectivity index (χ2v) is 7.97. The number of rotatable bonds is 3. The number of H-pyrrole nitrogens is 1. The van der Waals surface area contributed by atoms with Crippen LogP contribution < -0.4 is 5.32 Å². The summed E-state index contributed by atoms with van der Waals surface area (Å²) in [7, 11) is 0. The van der Waals surface area contributed by atoms with Crippen LogP contribution in [0.3, 0.4) is 0 Å².